The van der Waals surface area contributed by atoms with E-state index in [1.165, 1.54) is 5.56 Å². The third-order valence-electron chi connectivity index (χ3n) is 3.58. The van der Waals surface area contributed by atoms with Crippen molar-refractivity contribution < 1.29 is 9.32 Å². The van der Waals surface area contributed by atoms with Crippen molar-refractivity contribution >= 4 is 10.8 Å². The average molecular weight is 317 g/mol. The highest BCUT2D eigenvalue weighted by Crippen LogP contribution is 2.19. The molecule has 2 atom stereocenters. The van der Waals surface area contributed by atoms with Gasteiger partial charge in [0.1, 0.15) is 0 Å². The molecule has 4 heteroatoms. The number of benzene rings is 2. The highest BCUT2D eigenvalue weighted by Gasteiger charge is 2.10. The zero-order valence-electron chi connectivity index (χ0n) is 12.7. The van der Waals surface area contributed by atoms with E-state index in [4.69, 9.17) is 5.73 Å². The number of hydrogen-bond donors (Lipinski definition) is 2. The topological polar surface area (TPSA) is 63.3 Å². The van der Waals surface area contributed by atoms with Gasteiger partial charge in [-0.05, 0) is 49.1 Å². The summed E-state index contributed by atoms with van der Waals surface area (Å²) in [5, 5.41) is 9.97. The summed E-state index contributed by atoms with van der Waals surface area (Å²) in [6.45, 7) is 0.436. The lowest BCUT2D eigenvalue weighted by Gasteiger charge is -2.11. The predicted octanol–water partition coefficient (Wildman–Crippen LogP) is 2.81. The van der Waals surface area contributed by atoms with Crippen LogP contribution in [0.3, 0.4) is 0 Å². The van der Waals surface area contributed by atoms with E-state index in [9.17, 15) is 9.32 Å². The van der Waals surface area contributed by atoms with Gasteiger partial charge in [-0.25, -0.2) is 0 Å². The summed E-state index contributed by atoms with van der Waals surface area (Å²) in [6, 6.07) is 17.6. The molecular weight excluding hydrogens is 294 g/mol. The summed E-state index contributed by atoms with van der Waals surface area (Å²) in [4.78, 5) is 0.779. The Morgan fingerprint density at radius 3 is 2.59 bits per heavy atom. The molecule has 0 saturated carbocycles. The van der Waals surface area contributed by atoms with Crippen LogP contribution in [0.25, 0.3) is 0 Å². The van der Waals surface area contributed by atoms with Crippen molar-refractivity contribution in [2.45, 2.75) is 30.3 Å². The normalized spacial score (nSPS) is 13.7. The second-order valence-corrected chi connectivity index (χ2v) is 6.88. The summed E-state index contributed by atoms with van der Waals surface area (Å²) in [5.41, 5.74) is 7.53. The summed E-state index contributed by atoms with van der Waals surface area (Å²) in [5.74, 6) is 0.630. The van der Waals surface area contributed by atoms with Crippen molar-refractivity contribution in [1.29, 1.82) is 0 Å². The number of rotatable bonds is 8. The molecule has 0 fully saturated rings. The molecule has 2 aromatic rings. The van der Waals surface area contributed by atoms with Crippen LogP contribution in [0.1, 0.15) is 30.1 Å². The van der Waals surface area contributed by atoms with Crippen LogP contribution in [-0.4, -0.2) is 21.6 Å². The highest BCUT2D eigenvalue weighted by molar-refractivity contribution is 7.85. The number of nitrogens with two attached hydrogens (primary N) is 1. The van der Waals surface area contributed by atoms with E-state index in [0.29, 0.717) is 18.7 Å². The van der Waals surface area contributed by atoms with Crippen LogP contribution in [0.15, 0.2) is 59.5 Å². The van der Waals surface area contributed by atoms with Crippen molar-refractivity contribution in [1.82, 2.24) is 0 Å². The maximum atomic E-state index is 12.4. The quantitative estimate of drug-likeness (QED) is 0.787. The van der Waals surface area contributed by atoms with Crippen LogP contribution < -0.4 is 5.73 Å². The van der Waals surface area contributed by atoms with Gasteiger partial charge in [-0.3, -0.25) is 4.21 Å². The molecule has 118 valence electrons. The van der Waals surface area contributed by atoms with Crippen LogP contribution in [0.5, 0.6) is 0 Å². The fourth-order valence-electron chi connectivity index (χ4n) is 2.36. The molecule has 2 unspecified atom stereocenters. The molecule has 0 aliphatic rings. The fraction of sp³-hybridized carbons (Fsp3) is 0.333. The molecule has 22 heavy (non-hydrogen) atoms. The predicted molar refractivity (Wildman–Crippen MR) is 91.1 cm³/mol. The number of aliphatic hydroxyl groups excluding tert-OH is 1. The Bertz CT molecular complexity index is 601. The van der Waals surface area contributed by atoms with Crippen molar-refractivity contribution in [2.24, 2.45) is 5.73 Å². The van der Waals surface area contributed by atoms with Crippen LogP contribution in [0.4, 0.5) is 0 Å². The van der Waals surface area contributed by atoms with Crippen LogP contribution >= 0.6 is 0 Å². The molecule has 0 aromatic heterocycles. The molecule has 0 aliphatic carbocycles. The Morgan fingerprint density at radius 2 is 1.86 bits per heavy atom. The molecule has 0 aliphatic heterocycles. The van der Waals surface area contributed by atoms with E-state index in [1.54, 1.807) is 0 Å². The summed E-state index contributed by atoms with van der Waals surface area (Å²) in [7, 11) is -1.03. The molecule has 3 nitrogen and oxygen atoms in total. The summed E-state index contributed by atoms with van der Waals surface area (Å²) >= 11 is 0. The smallest absolute Gasteiger partial charge is 0.0802 e. The van der Waals surface area contributed by atoms with Crippen LogP contribution in [0.2, 0.25) is 0 Å². The first-order chi connectivity index (χ1) is 10.7. The number of hydrogen-bond acceptors (Lipinski definition) is 3. The Balaban J connectivity index is 1.91. The molecule has 0 heterocycles. The summed E-state index contributed by atoms with van der Waals surface area (Å²) < 4.78 is 12.4. The lowest BCUT2D eigenvalue weighted by Crippen LogP contribution is -2.07. The van der Waals surface area contributed by atoms with Gasteiger partial charge in [0.15, 0.2) is 0 Å². The summed E-state index contributed by atoms with van der Waals surface area (Å²) in [6.07, 6.45) is 1.75. The minimum Gasteiger partial charge on any atom is -0.388 e. The second-order valence-electron chi connectivity index (χ2n) is 5.30. The highest BCUT2D eigenvalue weighted by atomic mass is 32.2. The Morgan fingerprint density at radius 1 is 1.09 bits per heavy atom. The molecule has 3 N–H and O–H groups in total. The average Bonchev–Trinajstić information content (AvgIpc) is 2.56. The van der Waals surface area contributed by atoms with E-state index in [1.807, 2.05) is 42.5 Å². The van der Waals surface area contributed by atoms with Crippen molar-refractivity contribution in [2.75, 3.05) is 12.3 Å². The van der Waals surface area contributed by atoms with Gasteiger partial charge in [-0.15, -0.1) is 0 Å². The standard InChI is InChI=1S/C18H23NO2S/c19-12-11-18(20)16-9-4-10-17(14-16)22(21)13-5-8-15-6-2-1-3-7-15/h1-4,6-7,9-10,14,18,20H,5,8,11-13,19H2. The lowest BCUT2D eigenvalue weighted by atomic mass is 10.1. The van der Waals surface area contributed by atoms with Gasteiger partial charge in [-0.2, -0.15) is 0 Å². The minimum atomic E-state index is -1.03. The second kappa shape index (κ2) is 8.83. The van der Waals surface area contributed by atoms with Gasteiger partial charge < -0.3 is 10.8 Å². The van der Waals surface area contributed by atoms with Gasteiger partial charge in [-0.1, -0.05) is 42.5 Å². The Labute approximate surface area is 134 Å². The maximum absolute atomic E-state index is 12.4. The van der Waals surface area contributed by atoms with Gasteiger partial charge >= 0.3 is 0 Å². The lowest BCUT2D eigenvalue weighted by molar-refractivity contribution is 0.170. The fourth-order valence-corrected chi connectivity index (χ4v) is 3.50. The van der Waals surface area contributed by atoms with Gasteiger partial charge in [0, 0.05) is 10.6 Å². The Hall–Kier alpha value is -1.49. The monoisotopic (exact) mass is 317 g/mol. The first kappa shape index (κ1) is 16.9. The minimum absolute atomic E-state index is 0.436. The maximum Gasteiger partial charge on any atom is 0.0802 e. The van der Waals surface area contributed by atoms with Gasteiger partial charge in [0.25, 0.3) is 0 Å². The molecule has 0 radical (unpaired) electrons. The van der Waals surface area contributed by atoms with Crippen molar-refractivity contribution in [3.8, 4) is 0 Å². The van der Waals surface area contributed by atoms with E-state index in [2.05, 4.69) is 12.1 Å². The van der Waals surface area contributed by atoms with E-state index >= 15 is 0 Å². The van der Waals surface area contributed by atoms with Crippen LogP contribution in [0, 0.1) is 0 Å². The van der Waals surface area contributed by atoms with Crippen LogP contribution in [-0.2, 0) is 17.2 Å². The molecular formula is C18H23NO2S. The Kier molecular flexibility index (Phi) is 6.77. The van der Waals surface area contributed by atoms with Crippen molar-refractivity contribution in [3.63, 3.8) is 0 Å². The largest absolute Gasteiger partial charge is 0.388 e. The van der Waals surface area contributed by atoms with E-state index in [-0.39, 0.29) is 0 Å². The molecule has 0 saturated heterocycles. The van der Waals surface area contributed by atoms with Gasteiger partial charge in [0.05, 0.1) is 16.9 Å². The first-order valence-corrected chi connectivity index (χ1v) is 8.93. The third kappa shape index (κ3) is 5.05. The molecule has 0 bridgehead atoms. The SMILES string of the molecule is NCCC(O)c1cccc(S(=O)CCCc2ccccc2)c1. The third-order valence-corrected chi connectivity index (χ3v) is 5.02. The van der Waals surface area contributed by atoms with E-state index < -0.39 is 16.9 Å². The zero-order chi connectivity index (χ0) is 15.8. The molecule has 2 rings (SSSR count). The molecule has 0 spiro atoms. The van der Waals surface area contributed by atoms with Gasteiger partial charge in [0.2, 0.25) is 0 Å². The zero-order valence-corrected chi connectivity index (χ0v) is 13.5. The first-order valence-electron chi connectivity index (χ1n) is 7.61. The number of aliphatic hydroxyl groups is 1. The van der Waals surface area contributed by atoms with Crippen molar-refractivity contribution in [3.05, 3.63) is 65.7 Å². The van der Waals surface area contributed by atoms with E-state index in [0.717, 1.165) is 23.3 Å². The molecule has 2 aromatic carbocycles. The molecule has 0 amide bonds. The number of aryl methyl sites for hydroxylation is 1.